The molecule has 0 aliphatic heterocycles. The summed E-state index contributed by atoms with van der Waals surface area (Å²) >= 11 is 0. The van der Waals surface area contributed by atoms with Crippen molar-refractivity contribution >= 4 is 0 Å². The number of nitrogens with zero attached hydrogens (tertiary/aromatic N) is 1. The van der Waals surface area contributed by atoms with Crippen LogP contribution in [0.2, 0.25) is 0 Å². The predicted octanol–water partition coefficient (Wildman–Crippen LogP) is 1.30. The minimum Gasteiger partial charge on any atom is -0.495 e. The van der Waals surface area contributed by atoms with Gasteiger partial charge in [0.05, 0.1) is 13.7 Å². The van der Waals surface area contributed by atoms with E-state index in [2.05, 4.69) is 17.9 Å². The van der Waals surface area contributed by atoms with Crippen molar-refractivity contribution in [3.05, 3.63) is 29.3 Å². The standard InChI is InChI=1S/C12H11NO2/c1-15-12-7-4-6-10(11(12)9-13)5-2-3-8-14/h4,6-7,14H,3,8H2,1H3. The molecule has 0 amide bonds. The van der Waals surface area contributed by atoms with Crippen molar-refractivity contribution in [2.24, 2.45) is 0 Å². The Morgan fingerprint density at radius 3 is 2.87 bits per heavy atom. The van der Waals surface area contributed by atoms with Crippen LogP contribution in [0.1, 0.15) is 17.5 Å². The molecule has 1 rings (SSSR count). The largest absolute Gasteiger partial charge is 0.495 e. The van der Waals surface area contributed by atoms with Crippen molar-refractivity contribution in [3.63, 3.8) is 0 Å². The Balaban J connectivity index is 3.10. The fraction of sp³-hybridized carbons (Fsp3) is 0.250. The summed E-state index contributed by atoms with van der Waals surface area (Å²) in [7, 11) is 1.51. The van der Waals surface area contributed by atoms with E-state index in [1.165, 1.54) is 7.11 Å². The second kappa shape index (κ2) is 5.70. The molecule has 1 aromatic rings. The molecule has 3 heteroatoms. The zero-order valence-electron chi connectivity index (χ0n) is 8.45. The van der Waals surface area contributed by atoms with E-state index >= 15 is 0 Å². The molecule has 0 aliphatic rings. The lowest BCUT2D eigenvalue weighted by atomic mass is 10.1. The molecule has 1 aromatic carbocycles. The average Bonchev–Trinajstić information content (AvgIpc) is 2.29. The Labute approximate surface area is 88.9 Å². The Hall–Kier alpha value is -1.97. The molecule has 0 fully saturated rings. The monoisotopic (exact) mass is 201 g/mol. The van der Waals surface area contributed by atoms with Crippen molar-refractivity contribution in [2.75, 3.05) is 13.7 Å². The molecule has 76 valence electrons. The van der Waals surface area contributed by atoms with Crippen LogP contribution in [-0.4, -0.2) is 18.8 Å². The highest BCUT2D eigenvalue weighted by atomic mass is 16.5. The van der Waals surface area contributed by atoms with Crippen LogP contribution in [0.25, 0.3) is 0 Å². The summed E-state index contributed by atoms with van der Waals surface area (Å²) in [6, 6.07) is 7.31. The maximum atomic E-state index is 8.94. The van der Waals surface area contributed by atoms with Gasteiger partial charge in [-0.25, -0.2) is 0 Å². The van der Waals surface area contributed by atoms with Gasteiger partial charge in [0.1, 0.15) is 17.4 Å². The summed E-state index contributed by atoms with van der Waals surface area (Å²) in [6.07, 6.45) is 0.405. The molecule has 15 heavy (non-hydrogen) atoms. The maximum absolute atomic E-state index is 8.94. The first-order valence-electron chi connectivity index (χ1n) is 4.50. The molecule has 0 aromatic heterocycles. The zero-order valence-corrected chi connectivity index (χ0v) is 8.45. The normalized spacial score (nSPS) is 8.60. The van der Waals surface area contributed by atoms with E-state index in [0.717, 1.165) is 0 Å². The first-order valence-corrected chi connectivity index (χ1v) is 4.50. The lowest BCUT2D eigenvalue weighted by Gasteiger charge is -2.02. The van der Waals surface area contributed by atoms with Gasteiger partial charge in [0.2, 0.25) is 0 Å². The minimum atomic E-state index is 0.0266. The second-order valence-electron chi connectivity index (χ2n) is 2.77. The van der Waals surface area contributed by atoms with Gasteiger partial charge < -0.3 is 9.84 Å². The minimum absolute atomic E-state index is 0.0266. The van der Waals surface area contributed by atoms with Crippen LogP contribution < -0.4 is 4.74 Å². The molecule has 0 aliphatic carbocycles. The van der Waals surface area contributed by atoms with Crippen molar-refractivity contribution in [2.45, 2.75) is 6.42 Å². The van der Waals surface area contributed by atoms with Crippen molar-refractivity contribution in [3.8, 4) is 23.7 Å². The van der Waals surface area contributed by atoms with E-state index < -0.39 is 0 Å². The maximum Gasteiger partial charge on any atom is 0.137 e. The number of aliphatic hydroxyl groups is 1. The van der Waals surface area contributed by atoms with E-state index in [1.54, 1.807) is 18.2 Å². The third-order valence-corrected chi connectivity index (χ3v) is 1.82. The van der Waals surface area contributed by atoms with Crippen molar-refractivity contribution in [1.29, 1.82) is 5.26 Å². The van der Waals surface area contributed by atoms with Crippen LogP contribution in [0, 0.1) is 23.2 Å². The Bertz CT molecular complexity index is 435. The van der Waals surface area contributed by atoms with E-state index in [1.807, 2.05) is 0 Å². The van der Waals surface area contributed by atoms with Gasteiger partial charge in [-0.3, -0.25) is 0 Å². The van der Waals surface area contributed by atoms with E-state index in [4.69, 9.17) is 15.1 Å². The van der Waals surface area contributed by atoms with E-state index in [-0.39, 0.29) is 6.61 Å². The van der Waals surface area contributed by atoms with Crippen LogP contribution in [0.4, 0.5) is 0 Å². The summed E-state index contributed by atoms with van der Waals surface area (Å²) in [5, 5.41) is 17.5. The number of hydrogen-bond acceptors (Lipinski definition) is 3. The first kappa shape index (κ1) is 11.1. The Morgan fingerprint density at radius 2 is 2.27 bits per heavy atom. The molecule has 1 N–H and O–H groups in total. The van der Waals surface area contributed by atoms with Crippen LogP contribution in [0.5, 0.6) is 5.75 Å². The SMILES string of the molecule is COc1cccc(C#CCCO)c1C#N. The molecule has 3 nitrogen and oxygen atoms in total. The smallest absolute Gasteiger partial charge is 0.137 e. The number of ether oxygens (including phenoxy) is 1. The molecule has 0 spiro atoms. The zero-order chi connectivity index (χ0) is 11.1. The molecule has 0 heterocycles. The highest BCUT2D eigenvalue weighted by Gasteiger charge is 2.05. The number of hydrogen-bond donors (Lipinski definition) is 1. The van der Waals surface area contributed by atoms with E-state index in [9.17, 15) is 0 Å². The van der Waals surface area contributed by atoms with Crippen molar-refractivity contribution < 1.29 is 9.84 Å². The number of methoxy groups -OCH3 is 1. The third kappa shape index (κ3) is 2.74. The fourth-order valence-electron chi connectivity index (χ4n) is 1.13. The van der Waals surface area contributed by atoms with E-state index in [0.29, 0.717) is 23.3 Å². The Kier molecular flexibility index (Phi) is 4.22. The van der Waals surface area contributed by atoms with Gasteiger partial charge in [-0.1, -0.05) is 17.9 Å². The highest BCUT2D eigenvalue weighted by Crippen LogP contribution is 2.20. The second-order valence-corrected chi connectivity index (χ2v) is 2.77. The van der Waals surface area contributed by atoms with Crippen LogP contribution in [-0.2, 0) is 0 Å². The van der Waals surface area contributed by atoms with Crippen LogP contribution >= 0.6 is 0 Å². The number of aliphatic hydroxyl groups excluding tert-OH is 1. The summed E-state index contributed by atoms with van der Waals surface area (Å²) < 4.78 is 5.04. The molecular weight excluding hydrogens is 190 g/mol. The average molecular weight is 201 g/mol. The fourth-order valence-corrected chi connectivity index (χ4v) is 1.13. The summed E-state index contributed by atoms with van der Waals surface area (Å²) in [5.74, 6) is 6.12. The quantitative estimate of drug-likeness (QED) is 0.734. The topological polar surface area (TPSA) is 53.2 Å². The highest BCUT2D eigenvalue weighted by molar-refractivity contribution is 5.55. The van der Waals surface area contributed by atoms with Gasteiger partial charge in [-0.2, -0.15) is 5.26 Å². The lowest BCUT2D eigenvalue weighted by Crippen LogP contribution is -1.91. The van der Waals surface area contributed by atoms with Crippen LogP contribution in [0.15, 0.2) is 18.2 Å². The van der Waals surface area contributed by atoms with Gasteiger partial charge in [0.25, 0.3) is 0 Å². The van der Waals surface area contributed by atoms with Gasteiger partial charge in [0.15, 0.2) is 0 Å². The van der Waals surface area contributed by atoms with Gasteiger partial charge in [0, 0.05) is 12.0 Å². The molecular formula is C12H11NO2. The number of benzene rings is 1. The number of rotatable bonds is 2. The summed E-state index contributed by atoms with van der Waals surface area (Å²) in [6.45, 7) is 0.0266. The first-order chi connectivity index (χ1) is 7.33. The predicted molar refractivity (Wildman–Crippen MR) is 56.3 cm³/mol. The molecule has 0 bridgehead atoms. The summed E-state index contributed by atoms with van der Waals surface area (Å²) in [5.41, 5.74) is 1.07. The van der Waals surface area contributed by atoms with Gasteiger partial charge in [-0.05, 0) is 12.1 Å². The van der Waals surface area contributed by atoms with Crippen molar-refractivity contribution in [1.82, 2.24) is 0 Å². The molecule has 0 saturated heterocycles. The number of nitriles is 1. The summed E-state index contributed by atoms with van der Waals surface area (Å²) in [4.78, 5) is 0. The Morgan fingerprint density at radius 1 is 1.47 bits per heavy atom. The van der Waals surface area contributed by atoms with Gasteiger partial charge in [-0.15, -0.1) is 0 Å². The molecule has 0 unspecified atom stereocenters. The third-order valence-electron chi connectivity index (χ3n) is 1.82. The molecule has 0 saturated carbocycles. The van der Waals surface area contributed by atoms with Crippen LogP contribution in [0.3, 0.4) is 0 Å². The van der Waals surface area contributed by atoms with Gasteiger partial charge >= 0.3 is 0 Å². The molecule has 0 radical (unpaired) electrons. The molecule has 0 atom stereocenters. The lowest BCUT2D eigenvalue weighted by molar-refractivity contribution is 0.305.